The Labute approximate surface area is 148 Å². The van der Waals surface area contributed by atoms with Gasteiger partial charge in [0.05, 0.1) is 30.4 Å². The summed E-state index contributed by atoms with van der Waals surface area (Å²) >= 11 is 6.10. The maximum Gasteiger partial charge on any atom is 0.322 e. The molecule has 0 radical (unpaired) electrons. The van der Waals surface area contributed by atoms with Gasteiger partial charge in [-0.25, -0.2) is 0 Å². The third-order valence-electron chi connectivity index (χ3n) is 3.40. The summed E-state index contributed by atoms with van der Waals surface area (Å²) in [6.07, 6.45) is 0. The molecule has 1 heterocycles. The molecule has 128 valence electrons. The van der Waals surface area contributed by atoms with Crippen LogP contribution >= 0.6 is 11.6 Å². The molecule has 0 atom stereocenters. The molecule has 7 nitrogen and oxygen atoms in total. The minimum Gasteiger partial charge on any atom is -0.497 e. The minimum absolute atomic E-state index is 0.0511. The molecular weight excluding hydrogens is 346 g/mol. The average Bonchev–Trinajstić information content (AvgIpc) is 3.09. The molecule has 0 saturated carbocycles. The Hall–Kier alpha value is -3.06. The molecule has 0 unspecified atom stereocenters. The number of ether oxygens (including phenoxy) is 2. The van der Waals surface area contributed by atoms with Crippen LogP contribution in [-0.4, -0.2) is 30.3 Å². The zero-order valence-corrected chi connectivity index (χ0v) is 14.2. The van der Waals surface area contributed by atoms with E-state index >= 15 is 0 Å². The van der Waals surface area contributed by atoms with Gasteiger partial charge in [0.1, 0.15) is 11.5 Å². The molecule has 1 aromatic heterocycles. The van der Waals surface area contributed by atoms with Crippen molar-refractivity contribution >= 4 is 23.5 Å². The number of methoxy groups -OCH3 is 2. The molecule has 1 N–H and O–H groups in total. The maximum absolute atomic E-state index is 12.5. The van der Waals surface area contributed by atoms with Crippen LogP contribution < -0.4 is 14.8 Å². The third kappa shape index (κ3) is 3.56. The first-order valence-corrected chi connectivity index (χ1v) is 7.62. The van der Waals surface area contributed by atoms with Crippen LogP contribution in [0.25, 0.3) is 11.5 Å². The summed E-state index contributed by atoms with van der Waals surface area (Å²) < 4.78 is 15.8. The number of rotatable bonds is 5. The van der Waals surface area contributed by atoms with Crippen LogP contribution in [0, 0.1) is 0 Å². The van der Waals surface area contributed by atoms with Crippen LogP contribution in [0.3, 0.4) is 0 Å². The first-order chi connectivity index (χ1) is 12.1. The number of anilines is 1. The van der Waals surface area contributed by atoms with Crippen LogP contribution in [0.1, 0.15) is 10.4 Å². The van der Waals surface area contributed by atoms with E-state index in [1.54, 1.807) is 42.5 Å². The molecule has 0 bridgehead atoms. The van der Waals surface area contributed by atoms with E-state index in [9.17, 15) is 4.79 Å². The van der Waals surface area contributed by atoms with Gasteiger partial charge in [-0.1, -0.05) is 28.8 Å². The molecule has 25 heavy (non-hydrogen) atoms. The minimum atomic E-state index is -0.467. The van der Waals surface area contributed by atoms with E-state index in [2.05, 4.69) is 15.5 Å². The van der Waals surface area contributed by atoms with Crippen molar-refractivity contribution in [3.8, 4) is 23.0 Å². The molecule has 0 spiro atoms. The lowest BCUT2D eigenvalue weighted by Crippen LogP contribution is -2.13. The lowest BCUT2D eigenvalue weighted by atomic mass is 10.1. The van der Waals surface area contributed by atoms with Gasteiger partial charge in [-0.05, 0) is 30.3 Å². The normalized spacial score (nSPS) is 10.4. The summed E-state index contributed by atoms with van der Waals surface area (Å²) in [7, 11) is 2.98. The monoisotopic (exact) mass is 359 g/mol. The van der Waals surface area contributed by atoms with E-state index in [0.717, 1.165) is 0 Å². The largest absolute Gasteiger partial charge is 0.497 e. The molecule has 2 aromatic carbocycles. The lowest BCUT2D eigenvalue weighted by Gasteiger charge is -2.09. The topological polar surface area (TPSA) is 86.5 Å². The highest BCUT2D eigenvalue weighted by Crippen LogP contribution is 2.28. The maximum atomic E-state index is 12.5. The fourth-order valence-electron chi connectivity index (χ4n) is 2.17. The van der Waals surface area contributed by atoms with Gasteiger partial charge in [0, 0.05) is 0 Å². The summed E-state index contributed by atoms with van der Waals surface area (Å²) in [5.74, 6) is 0.654. The van der Waals surface area contributed by atoms with E-state index in [0.29, 0.717) is 22.1 Å². The fourth-order valence-corrected chi connectivity index (χ4v) is 2.39. The number of aromatic nitrogens is 2. The molecule has 3 aromatic rings. The summed E-state index contributed by atoms with van der Waals surface area (Å²) in [6, 6.07) is 11.9. The van der Waals surface area contributed by atoms with Crippen molar-refractivity contribution in [3.05, 3.63) is 53.1 Å². The van der Waals surface area contributed by atoms with Crippen molar-refractivity contribution in [3.63, 3.8) is 0 Å². The van der Waals surface area contributed by atoms with E-state index in [1.807, 2.05) is 0 Å². The summed E-state index contributed by atoms with van der Waals surface area (Å²) in [5, 5.41) is 10.7. The summed E-state index contributed by atoms with van der Waals surface area (Å²) in [5.41, 5.74) is 0.857. The first-order valence-electron chi connectivity index (χ1n) is 7.24. The second kappa shape index (κ2) is 7.23. The zero-order chi connectivity index (χ0) is 17.8. The second-order valence-electron chi connectivity index (χ2n) is 4.91. The predicted molar refractivity (Wildman–Crippen MR) is 92.2 cm³/mol. The van der Waals surface area contributed by atoms with Gasteiger partial charge in [0.15, 0.2) is 0 Å². The predicted octanol–water partition coefficient (Wildman–Crippen LogP) is 3.66. The lowest BCUT2D eigenvalue weighted by molar-refractivity contribution is 0.102. The molecular formula is C17H14ClN3O4. The highest BCUT2D eigenvalue weighted by atomic mass is 35.5. The van der Waals surface area contributed by atoms with E-state index in [1.165, 1.54) is 14.2 Å². The van der Waals surface area contributed by atoms with Gasteiger partial charge < -0.3 is 13.9 Å². The molecule has 0 fully saturated rings. The van der Waals surface area contributed by atoms with Crippen LogP contribution in [0.15, 0.2) is 46.9 Å². The number of nitrogens with zero attached hydrogens (tertiary/aromatic N) is 2. The number of carbonyl (C=O) groups excluding carboxylic acids is 1. The number of hydrogen-bond donors (Lipinski definition) is 1. The van der Waals surface area contributed by atoms with Crippen LogP contribution in [0.5, 0.6) is 11.5 Å². The van der Waals surface area contributed by atoms with Crippen LogP contribution in [0.2, 0.25) is 5.02 Å². The smallest absolute Gasteiger partial charge is 0.322 e. The van der Waals surface area contributed by atoms with Crippen molar-refractivity contribution in [2.24, 2.45) is 0 Å². The van der Waals surface area contributed by atoms with E-state index in [-0.39, 0.29) is 17.5 Å². The van der Waals surface area contributed by atoms with Crippen LogP contribution in [0.4, 0.5) is 6.01 Å². The number of amides is 1. The fraction of sp³-hybridized carbons (Fsp3) is 0.118. The Balaban J connectivity index is 1.84. The second-order valence-corrected chi connectivity index (χ2v) is 5.32. The van der Waals surface area contributed by atoms with Gasteiger partial charge in [0.25, 0.3) is 11.8 Å². The standard InChI is InChI=1S/C17H14ClN3O4/c1-23-10-7-8-14(24-2)12(9-10)15(22)19-17-21-20-16(25-17)11-5-3-4-6-13(11)18/h3-9H,1-2H3,(H,19,21,22). The number of benzene rings is 2. The third-order valence-corrected chi connectivity index (χ3v) is 3.73. The molecule has 3 rings (SSSR count). The Morgan fingerprint density at radius 2 is 1.92 bits per heavy atom. The van der Waals surface area contributed by atoms with Gasteiger partial charge in [-0.2, -0.15) is 0 Å². The number of hydrogen-bond acceptors (Lipinski definition) is 6. The Morgan fingerprint density at radius 3 is 2.64 bits per heavy atom. The highest BCUT2D eigenvalue weighted by Gasteiger charge is 2.18. The van der Waals surface area contributed by atoms with Gasteiger partial charge in [-0.3, -0.25) is 10.1 Å². The van der Waals surface area contributed by atoms with E-state index < -0.39 is 5.91 Å². The molecule has 8 heteroatoms. The Morgan fingerprint density at radius 1 is 1.12 bits per heavy atom. The van der Waals surface area contributed by atoms with Crippen LogP contribution in [-0.2, 0) is 0 Å². The molecule has 0 saturated heterocycles. The average molecular weight is 360 g/mol. The SMILES string of the molecule is COc1ccc(OC)c(C(=O)Nc2nnc(-c3ccccc3Cl)o2)c1. The molecule has 0 aliphatic rings. The van der Waals surface area contributed by atoms with Gasteiger partial charge in [-0.15, -0.1) is 5.10 Å². The van der Waals surface area contributed by atoms with Crippen molar-refractivity contribution < 1.29 is 18.7 Å². The Kier molecular flexibility index (Phi) is 4.85. The summed E-state index contributed by atoms with van der Waals surface area (Å²) in [4.78, 5) is 12.5. The Bertz CT molecular complexity index is 910. The van der Waals surface area contributed by atoms with Crippen molar-refractivity contribution in [1.29, 1.82) is 0 Å². The highest BCUT2D eigenvalue weighted by molar-refractivity contribution is 6.33. The quantitative estimate of drug-likeness (QED) is 0.748. The van der Waals surface area contributed by atoms with Crippen molar-refractivity contribution in [2.45, 2.75) is 0 Å². The number of nitrogens with one attached hydrogen (secondary N) is 1. The molecule has 0 aliphatic heterocycles. The number of halogens is 1. The van der Waals surface area contributed by atoms with Gasteiger partial charge >= 0.3 is 6.01 Å². The summed E-state index contributed by atoms with van der Waals surface area (Å²) in [6.45, 7) is 0. The molecule has 0 aliphatic carbocycles. The first kappa shape index (κ1) is 16.8. The van der Waals surface area contributed by atoms with Crippen molar-refractivity contribution in [2.75, 3.05) is 19.5 Å². The van der Waals surface area contributed by atoms with Gasteiger partial charge in [0.2, 0.25) is 0 Å². The van der Waals surface area contributed by atoms with E-state index in [4.69, 9.17) is 25.5 Å². The zero-order valence-electron chi connectivity index (χ0n) is 13.4. The number of carbonyl (C=O) groups is 1. The molecule has 1 amide bonds. The van der Waals surface area contributed by atoms with Crippen molar-refractivity contribution in [1.82, 2.24) is 10.2 Å².